The Hall–Kier alpha value is -1.62. The van der Waals surface area contributed by atoms with Crippen LogP contribution in [0.1, 0.15) is 24.5 Å². The smallest absolute Gasteiger partial charge is 0.224 e. The van der Waals surface area contributed by atoms with Gasteiger partial charge in [0.25, 0.3) is 0 Å². The summed E-state index contributed by atoms with van der Waals surface area (Å²) in [5.41, 5.74) is 4.00. The van der Waals surface area contributed by atoms with E-state index >= 15 is 0 Å². The van der Waals surface area contributed by atoms with E-state index in [0.29, 0.717) is 5.95 Å². The van der Waals surface area contributed by atoms with Crippen molar-refractivity contribution in [1.29, 1.82) is 0 Å². The van der Waals surface area contributed by atoms with Crippen molar-refractivity contribution >= 4 is 33.4 Å². The zero-order chi connectivity index (χ0) is 13.9. The average molecular weight is 333 g/mol. The van der Waals surface area contributed by atoms with Gasteiger partial charge in [0, 0.05) is 18.4 Å². The molecule has 3 rings (SSSR count). The molecule has 1 aromatic carbocycles. The number of rotatable bonds is 4. The van der Waals surface area contributed by atoms with Crippen LogP contribution in [0.15, 0.2) is 28.9 Å². The van der Waals surface area contributed by atoms with Crippen LogP contribution in [0.25, 0.3) is 0 Å². The van der Waals surface area contributed by atoms with Crippen LogP contribution in [0.5, 0.6) is 0 Å². The molecule has 0 radical (unpaired) electrons. The van der Waals surface area contributed by atoms with Gasteiger partial charge < -0.3 is 10.6 Å². The maximum Gasteiger partial charge on any atom is 0.224 e. The minimum absolute atomic E-state index is 0.638. The third kappa shape index (κ3) is 2.77. The molecule has 0 amide bonds. The molecule has 5 heteroatoms. The molecule has 0 aliphatic heterocycles. The summed E-state index contributed by atoms with van der Waals surface area (Å²) in [6, 6.07) is 6.56. The fourth-order valence-corrected chi connectivity index (χ4v) is 2.77. The van der Waals surface area contributed by atoms with Crippen LogP contribution in [0.4, 0.5) is 17.5 Å². The van der Waals surface area contributed by atoms with Crippen LogP contribution in [0.3, 0.4) is 0 Å². The van der Waals surface area contributed by atoms with Crippen LogP contribution in [0.2, 0.25) is 0 Å². The third-order valence-electron chi connectivity index (χ3n) is 3.44. The minimum Gasteiger partial charge on any atom is -0.354 e. The van der Waals surface area contributed by atoms with Crippen molar-refractivity contribution < 1.29 is 0 Å². The van der Waals surface area contributed by atoms with Gasteiger partial charge in [-0.2, -0.15) is 4.98 Å². The Bertz CT molecular complexity index is 627. The molecule has 0 bridgehead atoms. The van der Waals surface area contributed by atoms with Crippen molar-refractivity contribution in [2.45, 2.75) is 26.2 Å². The first-order valence-corrected chi connectivity index (χ1v) is 7.71. The van der Waals surface area contributed by atoms with Gasteiger partial charge in [0.15, 0.2) is 0 Å². The van der Waals surface area contributed by atoms with Gasteiger partial charge in [0.1, 0.15) is 5.82 Å². The van der Waals surface area contributed by atoms with Crippen LogP contribution in [-0.4, -0.2) is 16.5 Å². The normalized spacial score (nSPS) is 13.1. The number of nitrogens with zero attached hydrogens (tertiary/aromatic N) is 2. The van der Waals surface area contributed by atoms with Crippen molar-refractivity contribution in [1.82, 2.24) is 9.97 Å². The van der Waals surface area contributed by atoms with Crippen molar-refractivity contribution in [2.24, 2.45) is 0 Å². The van der Waals surface area contributed by atoms with Gasteiger partial charge in [-0.05, 0) is 65.4 Å². The molecule has 4 nitrogen and oxygen atoms in total. The van der Waals surface area contributed by atoms with Gasteiger partial charge in [0.2, 0.25) is 5.95 Å². The predicted molar refractivity (Wildman–Crippen MR) is 85.6 cm³/mol. The first-order chi connectivity index (χ1) is 9.76. The van der Waals surface area contributed by atoms with E-state index in [1.807, 2.05) is 6.92 Å². The fourth-order valence-electron chi connectivity index (χ4n) is 2.48. The van der Waals surface area contributed by atoms with Crippen LogP contribution in [0, 0.1) is 0 Å². The molecule has 1 aliphatic carbocycles. The monoisotopic (exact) mass is 332 g/mol. The van der Waals surface area contributed by atoms with Gasteiger partial charge in [0.05, 0.1) is 4.47 Å². The van der Waals surface area contributed by atoms with Gasteiger partial charge in [-0.1, -0.05) is 6.07 Å². The second-order valence-corrected chi connectivity index (χ2v) is 5.74. The standard InChI is InChI=1S/C15H17BrN4/c1-2-17-15-18-9-13(16)14(20-15)19-12-7-6-10-4-3-5-11(10)8-12/h6-9H,2-5H2,1H3,(H2,17,18,19,20). The first-order valence-electron chi connectivity index (χ1n) is 6.91. The maximum atomic E-state index is 4.47. The second kappa shape index (κ2) is 5.79. The molecule has 0 fully saturated rings. The highest BCUT2D eigenvalue weighted by Gasteiger charge is 2.12. The molecule has 0 saturated carbocycles. The molecule has 20 heavy (non-hydrogen) atoms. The van der Waals surface area contributed by atoms with Gasteiger partial charge >= 0.3 is 0 Å². The molecular formula is C15H17BrN4. The van der Waals surface area contributed by atoms with E-state index in [0.717, 1.165) is 22.5 Å². The number of anilines is 3. The molecular weight excluding hydrogens is 316 g/mol. The summed E-state index contributed by atoms with van der Waals surface area (Å²) < 4.78 is 0.861. The largest absolute Gasteiger partial charge is 0.354 e. The van der Waals surface area contributed by atoms with E-state index in [9.17, 15) is 0 Å². The number of aryl methyl sites for hydroxylation is 2. The van der Waals surface area contributed by atoms with Crippen molar-refractivity contribution in [3.8, 4) is 0 Å². The number of halogens is 1. The summed E-state index contributed by atoms with van der Waals surface area (Å²) in [7, 11) is 0. The summed E-state index contributed by atoms with van der Waals surface area (Å²) in [5.74, 6) is 1.42. The summed E-state index contributed by atoms with van der Waals surface area (Å²) in [6.07, 6.45) is 5.41. The van der Waals surface area contributed by atoms with E-state index in [1.165, 1.54) is 30.4 Å². The first kappa shape index (κ1) is 13.4. The van der Waals surface area contributed by atoms with E-state index in [2.05, 4.69) is 54.7 Å². The molecule has 1 heterocycles. The molecule has 0 spiro atoms. The highest BCUT2D eigenvalue weighted by molar-refractivity contribution is 9.10. The quantitative estimate of drug-likeness (QED) is 0.891. The molecule has 0 unspecified atom stereocenters. The molecule has 1 aromatic heterocycles. The number of hydrogen-bond donors (Lipinski definition) is 2. The van der Waals surface area contributed by atoms with Crippen molar-refractivity contribution in [2.75, 3.05) is 17.2 Å². The molecule has 0 atom stereocenters. The average Bonchev–Trinajstić information content (AvgIpc) is 2.90. The zero-order valence-electron chi connectivity index (χ0n) is 11.4. The SMILES string of the molecule is CCNc1ncc(Br)c(Nc2ccc3c(c2)CCC3)n1. The maximum absolute atomic E-state index is 4.47. The van der Waals surface area contributed by atoms with E-state index in [4.69, 9.17) is 0 Å². The summed E-state index contributed by atoms with van der Waals surface area (Å²) in [6.45, 7) is 2.83. The number of aromatic nitrogens is 2. The van der Waals surface area contributed by atoms with Crippen LogP contribution >= 0.6 is 15.9 Å². The summed E-state index contributed by atoms with van der Waals surface area (Å²) in [5, 5.41) is 6.48. The van der Waals surface area contributed by atoms with Crippen molar-refractivity contribution in [3.05, 3.63) is 40.0 Å². The highest BCUT2D eigenvalue weighted by Crippen LogP contribution is 2.28. The lowest BCUT2D eigenvalue weighted by Gasteiger charge is -2.10. The topological polar surface area (TPSA) is 49.8 Å². The number of benzene rings is 1. The zero-order valence-corrected chi connectivity index (χ0v) is 13.0. The van der Waals surface area contributed by atoms with Gasteiger partial charge in [-0.3, -0.25) is 0 Å². The Labute approximate surface area is 127 Å². The van der Waals surface area contributed by atoms with Crippen molar-refractivity contribution in [3.63, 3.8) is 0 Å². The molecule has 2 aromatic rings. The summed E-state index contributed by atoms with van der Waals surface area (Å²) in [4.78, 5) is 8.69. The lowest BCUT2D eigenvalue weighted by atomic mass is 10.1. The third-order valence-corrected chi connectivity index (χ3v) is 4.02. The number of hydrogen-bond acceptors (Lipinski definition) is 4. The van der Waals surface area contributed by atoms with Gasteiger partial charge in [-0.25, -0.2) is 4.98 Å². The number of fused-ring (bicyclic) bond motifs is 1. The Morgan fingerprint density at radius 2 is 2.10 bits per heavy atom. The molecule has 0 saturated heterocycles. The number of nitrogens with one attached hydrogen (secondary N) is 2. The Morgan fingerprint density at radius 3 is 2.95 bits per heavy atom. The predicted octanol–water partition coefficient (Wildman–Crippen LogP) is 3.90. The fraction of sp³-hybridized carbons (Fsp3) is 0.333. The molecule has 104 valence electrons. The Kier molecular flexibility index (Phi) is 3.87. The lowest BCUT2D eigenvalue weighted by Crippen LogP contribution is -2.04. The minimum atomic E-state index is 0.638. The summed E-state index contributed by atoms with van der Waals surface area (Å²) >= 11 is 3.49. The second-order valence-electron chi connectivity index (χ2n) is 4.88. The van der Waals surface area contributed by atoms with E-state index < -0.39 is 0 Å². The highest BCUT2D eigenvalue weighted by atomic mass is 79.9. The molecule has 1 aliphatic rings. The Morgan fingerprint density at radius 1 is 1.25 bits per heavy atom. The molecule has 2 N–H and O–H groups in total. The Balaban J connectivity index is 1.85. The van der Waals surface area contributed by atoms with E-state index in [1.54, 1.807) is 6.20 Å². The van der Waals surface area contributed by atoms with E-state index in [-0.39, 0.29) is 0 Å². The van der Waals surface area contributed by atoms with Gasteiger partial charge in [-0.15, -0.1) is 0 Å². The van der Waals surface area contributed by atoms with Crippen LogP contribution < -0.4 is 10.6 Å². The van der Waals surface area contributed by atoms with Crippen LogP contribution in [-0.2, 0) is 12.8 Å². The lowest BCUT2D eigenvalue weighted by molar-refractivity contribution is 0.912.